The minimum Gasteiger partial charge on any atom is -0.334 e. The molecule has 0 aliphatic heterocycles. The SMILES string of the molecule is CCCNC(Cc1ccc(F)cc1)c1nccn1CC. The van der Waals surface area contributed by atoms with Crippen LogP contribution in [0.4, 0.5) is 4.39 Å². The minimum atomic E-state index is -0.193. The molecule has 1 unspecified atom stereocenters. The van der Waals surface area contributed by atoms with Gasteiger partial charge in [-0.05, 0) is 44.0 Å². The predicted molar refractivity (Wildman–Crippen MR) is 79.0 cm³/mol. The Kier molecular flexibility index (Phi) is 5.30. The molecule has 0 aliphatic carbocycles. The van der Waals surface area contributed by atoms with Gasteiger partial charge in [0.15, 0.2) is 0 Å². The van der Waals surface area contributed by atoms with Crippen molar-refractivity contribution in [1.82, 2.24) is 14.9 Å². The predicted octanol–water partition coefficient (Wildman–Crippen LogP) is 3.33. The van der Waals surface area contributed by atoms with Crippen molar-refractivity contribution in [3.63, 3.8) is 0 Å². The summed E-state index contributed by atoms with van der Waals surface area (Å²) < 4.78 is 15.1. The van der Waals surface area contributed by atoms with Gasteiger partial charge in [0.25, 0.3) is 0 Å². The fourth-order valence-electron chi connectivity index (χ4n) is 2.33. The van der Waals surface area contributed by atoms with E-state index in [2.05, 4.69) is 28.7 Å². The second kappa shape index (κ2) is 7.20. The third-order valence-corrected chi connectivity index (χ3v) is 3.39. The molecule has 0 bridgehead atoms. The molecule has 1 aromatic heterocycles. The quantitative estimate of drug-likeness (QED) is 0.840. The molecule has 0 amide bonds. The van der Waals surface area contributed by atoms with Crippen LogP contribution in [-0.2, 0) is 13.0 Å². The van der Waals surface area contributed by atoms with E-state index in [1.165, 1.54) is 12.1 Å². The van der Waals surface area contributed by atoms with Gasteiger partial charge in [0.2, 0.25) is 0 Å². The van der Waals surface area contributed by atoms with Crippen molar-refractivity contribution in [3.8, 4) is 0 Å². The van der Waals surface area contributed by atoms with Crippen LogP contribution in [0.25, 0.3) is 0 Å². The van der Waals surface area contributed by atoms with E-state index < -0.39 is 0 Å². The normalized spacial score (nSPS) is 12.6. The van der Waals surface area contributed by atoms with Crippen LogP contribution < -0.4 is 5.32 Å². The molecule has 1 N–H and O–H groups in total. The molecule has 108 valence electrons. The lowest BCUT2D eigenvalue weighted by atomic mass is 10.0. The molecule has 1 heterocycles. The van der Waals surface area contributed by atoms with E-state index in [1.54, 1.807) is 0 Å². The number of imidazole rings is 1. The van der Waals surface area contributed by atoms with E-state index in [1.807, 2.05) is 24.5 Å². The lowest BCUT2D eigenvalue weighted by Crippen LogP contribution is -2.27. The summed E-state index contributed by atoms with van der Waals surface area (Å²) in [7, 11) is 0. The molecule has 4 heteroatoms. The van der Waals surface area contributed by atoms with Gasteiger partial charge in [-0.15, -0.1) is 0 Å². The van der Waals surface area contributed by atoms with Gasteiger partial charge in [0.05, 0.1) is 6.04 Å². The molecule has 0 saturated heterocycles. The Morgan fingerprint density at radius 2 is 2.00 bits per heavy atom. The molecule has 2 aromatic rings. The maximum absolute atomic E-state index is 13.0. The molecule has 0 aliphatic rings. The Morgan fingerprint density at radius 1 is 1.25 bits per heavy atom. The zero-order valence-electron chi connectivity index (χ0n) is 12.1. The number of aromatic nitrogens is 2. The largest absolute Gasteiger partial charge is 0.334 e. The first kappa shape index (κ1) is 14.7. The Bertz CT molecular complexity index is 519. The lowest BCUT2D eigenvalue weighted by Gasteiger charge is -2.19. The van der Waals surface area contributed by atoms with E-state index in [4.69, 9.17) is 0 Å². The number of nitrogens with one attached hydrogen (secondary N) is 1. The van der Waals surface area contributed by atoms with Crippen LogP contribution in [0.5, 0.6) is 0 Å². The zero-order chi connectivity index (χ0) is 14.4. The first-order valence-electron chi connectivity index (χ1n) is 7.23. The van der Waals surface area contributed by atoms with Crippen LogP contribution in [0.1, 0.15) is 37.7 Å². The van der Waals surface area contributed by atoms with Crippen LogP contribution in [0.2, 0.25) is 0 Å². The minimum absolute atomic E-state index is 0.162. The molecular weight excluding hydrogens is 253 g/mol. The van der Waals surface area contributed by atoms with Crippen molar-refractivity contribution in [2.45, 2.75) is 39.3 Å². The van der Waals surface area contributed by atoms with Crippen LogP contribution in [0, 0.1) is 5.82 Å². The van der Waals surface area contributed by atoms with Crippen molar-refractivity contribution in [2.75, 3.05) is 6.54 Å². The highest BCUT2D eigenvalue weighted by Crippen LogP contribution is 2.17. The molecule has 0 fully saturated rings. The van der Waals surface area contributed by atoms with Crippen LogP contribution >= 0.6 is 0 Å². The average molecular weight is 275 g/mol. The summed E-state index contributed by atoms with van der Waals surface area (Å²) in [6.45, 7) is 6.11. The number of benzene rings is 1. The van der Waals surface area contributed by atoms with E-state index >= 15 is 0 Å². The van der Waals surface area contributed by atoms with Crippen LogP contribution in [0.15, 0.2) is 36.7 Å². The summed E-state index contributed by atoms with van der Waals surface area (Å²) in [5.74, 6) is 0.854. The summed E-state index contributed by atoms with van der Waals surface area (Å²) in [5.41, 5.74) is 1.12. The highest BCUT2D eigenvalue weighted by atomic mass is 19.1. The van der Waals surface area contributed by atoms with Crippen molar-refractivity contribution < 1.29 is 4.39 Å². The van der Waals surface area contributed by atoms with Crippen molar-refractivity contribution in [1.29, 1.82) is 0 Å². The molecule has 0 spiro atoms. The smallest absolute Gasteiger partial charge is 0.126 e. The second-order valence-electron chi connectivity index (χ2n) is 4.91. The molecule has 3 nitrogen and oxygen atoms in total. The fourth-order valence-corrected chi connectivity index (χ4v) is 2.33. The molecule has 20 heavy (non-hydrogen) atoms. The number of hydrogen-bond donors (Lipinski definition) is 1. The van der Waals surface area contributed by atoms with Crippen LogP contribution in [-0.4, -0.2) is 16.1 Å². The zero-order valence-corrected chi connectivity index (χ0v) is 12.1. The monoisotopic (exact) mass is 275 g/mol. The summed E-state index contributed by atoms with van der Waals surface area (Å²) in [5, 5.41) is 3.53. The van der Waals surface area contributed by atoms with Gasteiger partial charge in [-0.25, -0.2) is 9.37 Å². The third kappa shape index (κ3) is 3.67. The molecule has 1 aromatic carbocycles. The van der Waals surface area contributed by atoms with E-state index in [0.29, 0.717) is 0 Å². The van der Waals surface area contributed by atoms with Crippen molar-refractivity contribution in [3.05, 3.63) is 53.9 Å². The van der Waals surface area contributed by atoms with E-state index in [0.717, 1.165) is 37.3 Å². The summed E-state index contributed by atoms with van der Waals surface area (Å²) >= 11 is 0. The molecular formula is C16H22FN3. The molecule has 0 radical (unpaired) electrons. The third-order valence-electron chi connectivity index (χ3n) is 3.39. The van der Waals surface area contributed by atoms with Gasteiger partial charge in [-0.3, -0.25) is 0 Å². The Balaban J connectivity index is 2.17. The van der Waals surface area contributed by atoms with Gasteiger partial charge in [0, 0.05) is 18.9 Å². The van der Waals surface area contributed by atoms with Gasteiger partial charge in [0.1, 0.15) is 11.6 Å². The van der Waals surface area contributed by atoms with Gasteiger partial charge < -0.3 is 9.88 Å². The Hall–Kier alpha value is -1.68. The van der Waals surface area contributed by atoms with E-state index in [9.17, 15) is 4.39 Å². The fraction of sp³-hybridized carbons (Fsp3) is 0.438. The molecule has 0 saturated carbocycles. The first-order chi connectivity index (χ1) is 9.74. The standard InChI is InChI=1S/C16H22FN3/c1-3-9-18-15(16-19-10-11-20(16)4-2)12-13-5-7-14(17)8-6-13/h5-8,10-11,15,18H,3-4,9,12H2,1-2H3. The first-order valence-corrected chi connectivity index (χ1v) is 7.23. The van der Waals surface area contributed by atoms with Crippen LogP contribution in [0.3, 0.4) is 0 Å². The maximum Gasteiger partial charge on any atom is 0.126 e. The number of hydrogen-bond acceptors (Lipinski definition) is 2. The topological polar surface area (TPSA) is 29.9 Å². The van der Waals surface area contributed by atoms with Gasteiger partial charge in [-0.1, -0.05) is 19.1 Å². The number of aryl methyl sites for hydroxylation is 1. The Morgan fingerprint density at radius 3 is 2.65 bits per heavy atom. The number of rotatable bonds is 7. The lowest BCUT2D eigenvalue weighted by molar-refractivity contribution is 0.482. The van der Waals surface area contributed by atoms with Crippen molar-refractivity contribution in [2.24, 2.45) is 0 Å². The summed E-state index contributed by atoms with van der Waals surface area (Å²) in [4.78, 5) is 4.48. The molecule has 2 rings (SSSR count). The summed E-state index contributed by atoms with van der Waals surface area (Å²) in [6, 6.07) is 6.87. The Labute approximate surface area is 119 Å². The van der Waals surface area contributed by atoms with E-state index in [-0.39, 0.29) is 11.9 Å². The number of nitrogens with zero attached hydrogens (tertiary/aromatic N) is 2. The highest BCUT2D eigenvalue weighted by molar-refractivity contribution is 5.18. The average Bonchev–Trinajstić information content (AvgIpc) is 2.94. The molecule has 1 atom stereocenters. The second-order valence-corrected chi connectivity index (χ2v) is 4.91. The maximum atomic E-state index is 13.0. The van der Waals surface area contributed by atoms with Gasteiger partial charge >= 0.3 is 0 Å². The highest BCUT2D eigenvalue weighted by Gasteiger charge is 2.16. The van der Waals surface area contributed by atoms with Gasteiger partial charge in [-0.2, -0.15) is 0 Å². The summed E-state index contributed by atoms with van der Waals surface area (Å²) in [6.07, 6.45) is 5.73. The van der Waals surface area contributed by atoms with Crippen molar-refractivity contribution >= 4 is 0 Å². The number of halogens is 1.